The van der Waals surface area contributed by atoms with Crippen LogP contribution in [0.2, 0.25) is 0 Å². The molecule has 1 N–H and O–H groups in total. The molecule has 0 unspecified atom stereocenters. The lowest BCUT2D eigenvalue weighted by Gasteiger charge is -2.40. The van der Waals surface area contributed by atoms with Gasteiger partial charge in [0.25, 0.3) is 0 Å². The van der Waals surface area contributed by atoms with Gasteiger partial charge in [-0.3, -0.25) is 14.4 Å². The van der Waals surface area contributed by atoms with E-state index in [4.69, 9.17) is 0 Å². The molecule has 3 amide bonds. The summed E-state index contributed by atoms with van der Waals surface area (Å²) in [5, 5.41) is 12.4. The maximum atomic E-state index is 13.7. The van der Waals surface area contributed by atoms with Gasteiger partial charge in [-0.25, -0.2) is 4.98 Å². The van der Waals surface area contributed by atoms with E-state index in [9.17, 15) is 32.8 Å². The number of carbonyl (C=O) groups excluding carboxylic acids is 3. The third-order valence-corrected chi connectivity index (χ3v) is 8.13. The van der Waals surface area contributed by atoms with Crippen molar-refractivity contribution in [2.24, 2.45) is 5.92 Å². The normalized spacial score (nSPS) is 17.3. The lowest BCUT2D eigenvalue weighted by molar-refractivity contribution is -0.145. The molecule has 1 saturated heterocycles. The number of hydrogen-bond donors (Lipinski definition) is 1. The molecule has 2 aliphatic heterocycles. The van der Waals surface area contributed by atoms with Gasteiger partial charge in [0.05, 0.1) is 22.9 Å². The highest BCUT2D eigenvalue weighted by Gasteiger charge is 2.38. The van der Waals surface area contributed by atoms with E-state index in [0.29, 0.717) is 45.0 Å². The Labute approximate surface area is 266 Å². The van der Waals surface area contributed by atoms with Gasteiger partial charge in [0.15, 0.2) is 0 Å². The van der Waals surface area contributed by atoms with Crippen LogP contribution in [0.5, 0.6) is 0 Å². The number of halogens is 3. The number of hydrogen-bond acceptors (Lipinski definition) is 8. The Balaban J connectivity index is 1.46. The molecule has 2 aromatic rings. The zero-order chi connectivity index (χ0) is 33.8. The van der Waals surface area contributed by atoms with Crippen LogP contribution in [-0.4, -0.2) is 111 Å². The fourth-order valence-electron chi connectivity index (χ4n) is 5.52. The van der Waals surface area contributed by atoms with E-state index in [1.165, 1.54) is 17.9 Å². The number of alkyl halides is 3. The van der Waals surface area contributed by atoms with Gasteiger partial charge < -0.3 is 29.8 Å². The summed E-state index contributed by atoms with van der Waals surface area (Å²) >= 11 is 0. The number of rotatable bonds is 9. The summed E-state index contributed by atoms with van der Waals surface area (Å²) in [6.07, 6.45) is -1.26. The quantitative estimate of drug-likeness (QED) is 0.416. The van der Waals surface area contributed by atoms with E-state index >= 15 is 0 Å². The number of aryl methyl sites for hydroxylation is 1. The molecule has 246 valence electrons. The summed E-state index contributed by atoms with van der Waals surface area (Å²) < 4.78 is 41.1. The van der Waals surface area contributed by atoms with Gasteiger partial charge in [-0.1, -0.05) is 18.2 Å². The van der Waals surface area contributed by atoms with Crippen LogP contribution in [0.15, 0.2) is 42.5 Å². The van der Waals surface area contributed by atoms with Crippen LogP contribution in [0.1, 0.15) is 23.2 Å². The Hall–Kier alpha value is -4.64. The number of fused-ring (bicyclic) bond motifs is 1. The first-order chi connectivity index (χ1) is 21.7. The minimum absolute atomic E-state index is 0.0555. The number of likely N-dealkylation sites (N-methyl/N-ethyl adjacent to an activating group) is 3. The molecule has 4 rings (SSSR count). The Kier molecular flexibility index (Phi) is 10.6. The van der Waals surface area contributed by atoms with Crippen molar-refractivity contribution in [2.45, 2.75) is 25.6 Å². The van der Waals surface area contributed by atoms with Gasteiger partial charge >= 0.3 is 6.18 Å². The van der Waals surface area contributed by atoms with Gasteiger partial charge in [-0.2, -0.15) is 18.4 Å². The Morgan fingerprint density at radius 1 is 1.17 bits per heavy atom. The fourth-order valence-corrected chi connectivity index (χ4v) is 5.52. The van der Waals surface area contributed by atoms with Gasteiger partial charge in [-0.05, 0) is 45.6 Å². The molecule has 1 fully saturated rings. The molecular formula is C32H39F3N8O3. The lowest BCUT2D eigenvalue weighted by Crippen LogP contribution is -2.56. The second-order valence-corrected chi connectivity index (χ2v) is 11.9. The average Bonchev–Trinajstić information content (AvgIpc) is 2.97. The molecule has 11 nitrogen and oxygen atoms in total. The number of likely N-dealkylation sites (tertiary alicyclic amines) is 1. The molecule has 1 aromatic carbocycles. The van der Waals surface area contributed by atoms with Gasteiger partial charge in [0, 0.05) is 65.1 Å². The third kappa shape index (κ3) is 7.77. The van der Waals surface area contributed by atoms with E-state index in [1.54, 1.807) is 48.2 Å². The number of nitriles is 1. The standard InChI is InChI=1S/C32H39F3N8O3/c1-21-17-24(32(33,34)35)23(18-36)29(37-21)38-25-12-14-42(27-10-7-6-9-26(27)41(5)31(25)46)16-15-40(4)30(45)22-19-43(20-22)28(44)11-8-13-39(2)3/h6-11,17,22,25H,12-16,19-20H2,1-5H3,(H,37,38)/b11-8+/t25-/m0/s1. The number of para-hydroxylation sites is 2. The summed E-state index contributed by atoms with van der Waals surface area (Å²) in [6.45, 7) is 3.87. The minimum Gasteiger partial charge on any atom is -0.368 e. The lowest BCUT2D eigenvalue weighted by atomic mass is 9.98. The number of pyridine rings is 1. The van der Waals surface area contributed by atoms with Crippen LogP contribution in [0.25, 0.3) is 0 Å². The Bertz CT molecular complexity index is 1530. The number of nitrogens with one attached hydrogen (secondary N) is 1. The summed E-state index contributed by atoms with van der Waals surface area (Å²) in [7, 11) is 7.12. The summed E-state index contributed by atoms with van der Waals surface area (Å²) in [6, 6.07) is 8.72. The SMILES string of the molecule is Cc1cc(C(F)(F)F)c(C#N)c(N[C@H]2CCN(CCN(C)C(=O)C3CN(C(=O)/C=C/CN(C)C)C3)c3ccccc3N(C)C2=O)n1. The number of amides is 3. The van der Waals surface area contributed by atoms with Crippen molar-refractivity contribution in [3.05, 3.63) is 59.3 Å². The topological polar surface area (TPSA) is 116 Å². The first-order valence-electron chi connectivity index (χ1n) is 14.9. The molecule has 0 aliphatic carbocycles. The maximum absolute atomic E-state index is 13.7. The van der Waals surface area contributed by atoms with Crippen molar-refractivity contribution < 1.29 is 27.6 Å². The molecule has 46 heavy (non-hydrogen) atoms. The summed E-state index contributed by atoms with van der Waals surface area (Å²) in [5.41, 5.74) is -0.365. The first kappa shape index (κ1) is 34.2. The van der Waals surface area contributed by atoms with E-state index < -0.39 is 23.3 Å². The Morgan fingerprint density at radius 2 is 1.85 bits per heavy atom. The van der Waals surface area contributed by atoms with Crippen LogP contribution in [0.4, 0.5) is 30.4 Å². The van der Waals surface area contributed by atoms with Crippen LogP contribution in [0, 0.1) is 24.2 Å². The molecule has 14 heteroatoms. The van der Waals surface area contributed by atoms with E-state index in [1.807, 2.05) is 36.0 Å². The van der Waals surface area contributed by atoms with Crippen molar-refractivity contribution in [1.29, 1.82) is 5.26 Å². The number of anilines is 3. The number of carbonyl (C=O) groups is 3. The monoisotopic (exact) mass is 640 g/mol. The molecular weight excluding hydrogens is 601 g/mol. The fraction of sp³-hybridized carbons (Fsp3) is 0.469. The number of benzene rings is 1. The van der Waals surface area contributed by atoms with Crippen LogP contribution >= 0.6 is 0 Å². The predicted molar refractivity (Wildman–Crippen MR) is 168 cm³/mol. The zero-order valence-electron chi connectivity index (χ0n) is 26.6. The van der Waals surface area contributed by atoms with Crippen LogP contribution in [-0.2, 0) is 20.6 Å². The molecule has 1 atom stereocenters. The van der Waals surface area contributed by atoms with Gasteiger partial charge in [0.1, 0.15) is 23.5 Å². The molecule has 0 spiro atoms. The van der Waals surface area contributed by atoms with Crippen LogP contribution in [0.3, 0.4) is 0 Å². The maximum Gasteiger partial charge on any atom is 0.417 e. The third-order valence-electron chi connectivity index (χ3n) is 8.13. The molecule has 0 saturated carbocycles. The molecule has 3 heterocycles. The second-order valence-electron chi connectivity index (χ2n) is 11.9. The van der Waals surface area contributed by atoms with Crippen molar-refractivity contribution in [2.75, 3.05) is 82.6 Å². The second kappa shape index (κ2) is 14.2. The molecule has 2 aliphatic rings. The largest absolute Gasteiger partial charge is 0.417 e. The Morgan fingerprint density at radius 3 is 2.48 bits per heavy atom. The van der Waals surface area contributed by atoms with Crippen LogP contribution < -0.4 is 15.1 Å². The molecule has 0 bridgehead atoms. The van der Waals surface area contributed by atoms with Crippen molar-refractivity contribution in [3.8, 4) is 6.07 Å². The summed E-state index contributed by atoms with van der Waals surface area (Å²) in [5.74, 6) is -1.16. The van der Waals surface area contributed by atoms with Gasteiger partial charge in [0.2, 0.25) is 17.7 Å². The van der Waals surface area contributed by atoms with Crippen molar-refractivity contribution in [1.82, 2.24) is 19.7 Å². The molecule has 1 aromatic heterocycles. The number of nitrogens with zero attached hydrogens (tertiary/aromatic N) is 7. The highest BCUT2D eigenvalue weighted by molar-refractivity contribution is 6.01. The van der Waals surface area contributed by atoms with Crippen molar-refractivity contribution >= 4 is 34.9 Å². The highest BCUT2D eigenvalue weighted by atomic mass is 19.4. The minimum atomic E-state index is -4.77. The molecule has 0 radical (unpaired) electrons. The average molecular weight is 641 g/mol. The zero-order valence-corrected chi connectivity index (χ0v) is 26.6. The van der Waals surface area contributed by atoms with E-state index in [-0.39, 0.29) is 41.6 Å². The first-order valence-corrected chi connectivity index (χ1v) is 14.9. The number of aromatic nitrogens is 1. The van der Waals surface area contributed by atoms with E-state index in [2.05, 4.69) is 10.3 Å². The smallest absolute Gasteiger partial charge is 0.368 e. The summed E-state index contributed by atoms with van der Waals surface area (Å²) in [4.78, 5) is 51.9. The van der Waals surface area contributed by atoms with Crippen molar-refractivity contribution in [3.63, 3.8) is 0 Å². The van der Waals surface area contributed by atoms with E-state index in [0.717, 1.165) is 11.8 Å². The predicted octanol–water partition coefficient (Wildman–Crippen LogP) is 2.97. The van der Waals surface area contributed by atoms with Gasteiger partial charge in [-0.15, -0.1) is 0 Å². The highest BCUT2D eigenvalue weighted by Crippen LogP contribution is 2.36.